The van der Waals surface area contributed by atoms with E-state index < -0.39 is 5.82 Å². The van der Waals surface area contributed by atoms with Crippen molar-refractivity contribution in [1.29, 1.82) is 0 Å². The Morgan fingerprint density at radius 3 is 2.79 bits per heavy atom. The number of carbonyl (C=O) groups excluding carboxylic acids is 1. The molecule has 1 aromatic carbocycles. The van der Waals surface area contributed by atoms with E-state index in [1.807, 2.05) is 38.5 Å². The molecule has 2 atom stereocenters. The first-order valence-corrected chi connectivity index (χ1v) is 9.60. The van der Waals surface area contributed by atoms with Crippen LogP contribution in [0.4, 0.5) is 10.2 Å². The van der Waals surface area contributed by atoms with Crippen LogP contribution in [0.5, 0.6) is 0 Å². The Morgan fingerprint density at radius 2 is 2.10 bits per heavy atom. The van der Waals surface area contributed by atoms with Crippen molar-refractivity contribution in [2.24, 2.45) is 7.05 Å². The van der Waals surface area contributed by atoms with Gasteiger partial charge < -0.3 is 10.2 Å². The number of rotatable bonds is 4. The van der Waals surface area contributed by atoms with Gasteiger partial charge in [-0.2, -0.15) is 10.2 Å². The third kappa shape index (κ3) is 4.26. The fraction of sp³-hybridized carbons (Fsp3) is 0.333. The molecular weight excluding hydrogens is 371 g/mol. The largest absolute Gasteiger partial charge is 0.354 e. The Morgan fingerprint density at radius 1 is 1.24 bits per heavy atom. The predicted octanol–water partition coefficient (Wildman–Crippen LogP) is 2.45. The maximum Gasteiger partial charge on any atom is 0.251 e. The fourth-order valence-corrected chi connectivity index (χ4v) is 3.74. The molecule has 0 bridgehead atoms. The molecule has 2 aromatic heterocycles. The Bertz CT molecular complexity index is 1000. The lowest BCUT2D eigenvalue weighted by molar-refractivity contribution is 0.0925. The maximum absolute atomic E-state index is 13.5. The molecule has 1 fully saturated rings. The van der Waals surface area contributed by atoms with E-state index in [4.69, 9.17) is 0 Å². The summed E-state index contributed by atoms with van der Waals surface area (Å²) >= 11 is 0. The second-order valence-corrected chi connectivity index (χ2v) is 7.41. The zero-order valence-electron chi connectivity index (χ0n) is 16.4. The van der Waals surface area contributed by atoms with Gasteiger partial charge in [0.25, 0.3) is 5.91 Å². The van der Waals surface area contributed by atoms with Crippen LogP contribution in [0.3, 0.4) is 0 Å². The number of carbonyl (C=O) groups is 1. The topological polar surface area (TPSA) is 75.9 Å². The first kappa shape index (κ1) is 19.0. The monoisotopic (exact) mass is 394 g/mol. The summed E-state index contributed by atoms with van der Waals surface area (Å²) in [6.07, 6.45) is 4.53. The molecule has 1 amide bonds. The number of aryl methyl sites for hydroxylation is 2. The van der Waals surface area contributed by atoms with Gasteiger partial charge in [-0.05, 0) is 49.2 Å². The quantitative estimate of drug-likeness (QED) is 0.736. The highest BCUT2D eigenvalue weighted by molar-refractivity contribution is 5.94. The summed E-state index contributed by atoms with van der Waals surface area (Å²) in [5, 5.41) is 15.9. The lowest BCUT2D eigenvalue weighted by Crippen LogP contribution is -2.50. The van der Waals surface area contributed by atoms with Crippen LogP contribution in [0.1, 0.15) is 34.0 Å². The van der Waals surface area contributed by atoms with Crippen molar-refractivity contribution in [3.8, 4) is 0 Å². The van der Waals surface area contributed by atoms with Crippen molar-refractivity contribution in [2.45, 2.75) is 25.3 Å². The third-order valence-electron chi connectivity index (χ3n) is 5.28. The van der Waals surface area contributed by atoms with Crippen LogP contribution < -0.4 is 10.2 Å². The van der Waals surface area contributed by atoms with Crippen molar-refractivity contribution < 1.29 is 9.18 Å². The minimum atomic E-state index is -0.422. The van der Waals surface area contributed by atoms with Crippen LogP contribution in [-0.2, 0) is 7.05 Å². The lowest BCUT2D eigenvalue weighted by atomic mass is 9.87. The molecule has 0 radical (unpaired) electrons. The summed E-state index contributed by atoms with van der Waals surface area (Å²) in [5.41, 5.74) is 2.23. The summed E-state index contributed by atoms with van der Waals surface area (Å²) < 4.78 is 15.3. The molecule has 0 aliphatic carbocycles. The van der Waals surface area contributed by atoms with E-state index in [2.05, 4.69) is 25.5 Å². The molecule has 29 heavy (non-hydrogen) atoms. The number of hydrogen-bond donors (Lipinski definition) is 1. The molecular formula is C21H23FN6O. The molecule has 0 saturated carbocycles. The van der Waals surface area contributed by atoms with Gasteiger partial charge >= 0.3 is 0 Å². The average Bonchev–Trinajstić information content (AvgIpc) is 3.15. The molecule has 1 N–H and O–H groups in total. The summed E-state index contributed by atoms with van der Waals surface area (Å²) in [6, 6.07) is 9.57. The molecule has 1 saturated heterocycles. The molecule has 3 aromatic rings. The van der Waals surface area contributed by atoms with E-state index in [1.165, 1.54) is 12.1 Å². The molecule has 1 aliphatic rings. The van der Waals surface area contributed by atoms with Crippen molar-refractivity contribution in [3.63, 3.8) is 0 Å². The van der Waals surface area contributed by atoms with Crippen molar-refractivity contribution in [1.82, 2.24) is 25.3 Å². The van der Waals surface area contributed by atoms with Crippen LogP contribution in [0, 0.1) is 12.7 Å². The summed E-state index contributed by atoms with van der Waals surface area (Å²) in [4.78, 5) is 14.9. The number of aromatic nitrogens is 4. The van der Waals surface area contributed by atoms with Crippen LogP contribution >= 0.6 is 0 Å². The summed E-state index contributed by atoms with van der Waals surface area (Å²) in [7, 11) is 1.87. The Balaban J connectivity index is 1.56. The minimum absolute atomic E-state index is 0.0260. The number of nitrogens with one attached hydrogen (secondary N) is 1. The average molecular weight is 394 g/mol. The van der Waals surface area contributed by atoms with Gasteiger partial charge in [0, 0.05) is 43.9 Å². The predicted molar refractivity (Wildman–Crippen MR) is 107 cm³/mol. The van der Waals surface area contributed by atoms with Gasteiger partial charge in [0.15, 0.2) is 5.82 Å². The van der Waals surface area contributed by atoms with Crippen molar-refractivity contribution in [3.05, 3.63) is 71.4 Å². The number of nitrogens with zero attached hydrogens (tertiary/aromatic N) is 5. The fourth-order valence-electron chi connectivity index (χ4n) is 3.74. The van der Waals surface area contributed by atoms with Crippen LogP contribution in [0.2, 0.25) is 0 Å². The van der Waals surface area contributed by atoms with Gasteiger partial charge in [-0.25, -0.2) is 4.39 Å². The zero-order chi connectivity index (χ0) is 20.4. The minimum Gasteiger partial charge on any atom is -0.354 e. The third-order valence-corrected chi connectivity index (χ3v) is 5.28. The highest BCUT2D eigenvalue weighted by atomic mass is 19.1. The summed E-state index contributed by atoms with van der Waals surface area (Å²) in [5.74, 6) is 0.152. The van der Waals surface area contributed by atoms with Crippen molar-refractivity contribution >= 4 is 11.7 Å². The number of hydrogen-bond acceptors (Lipinski definition) is 5. The van der Waals surface area contributed by atoms with E-state index in [9.17, 15) is 9.18 Å². The molecule has 0 spiro atoms. The molecule has 1 aliphatic heterocycles. The number of anilines is 1. The van der Waals surface area contributed by atoms with E-state index >= 15 is 0 Å². The van der Waals surface area contributed by atoms with Gasteiger partial charge in [-0.15, -0.1) is 5.10 Å². The normalized spacial score (nSPS) is 19.2. The van der Waals surface area contributed by atoms with Crippen LogP contribution in [0.25, 0.3) is 0 Å². The van der Waals surface area contributed by atoms with Gasteiger partial charge in [0.2, 0.25) is 0 Å². The number of piperidine rings is 1. The van der Waals surface area contributed by atoms with E-state index in [-0.39, 0.29) is 17.9 Å². The number of benzene rings is 1. The van der Waals surface area contributed by atoms with Crippen LogP contribution in [-0.4, -0.2) is 45.0 Å². The number of amides is 1. The Kier molecular flexibility index (Phi) is 5.24. The first-order chi connectivity index (χ1) is 14.0. The Labute approximate surface area is 168 Å². The van der Waals surface area contributed by atoms with E-state index in [1.54, 1.807) is 16.8 Å². The second kappa shape index (κ2) is 7.98. The van der Waals surface area contributed by atoms with E-state index in [0.717, 1.165) is 30.0 Å². The van der Waals surface area contributed by atoms with E-state index in [0.29, 0.717) is 12.1 Å². The molecule has 4 rings (SSSR count). The van der Waals surface area contributed by atoms with Gasteiger partial charge in [0.1, 0.15) is 5.82 Å². The molecule has 3 heterocycles. The standard InChI is InChI=1S/C21H23FN6O/c1-14-6-7-20(26-25-14)28-9-8-19(18(13-28)16-11-23-27(2)12-16)24-21(29)15-4-3-5-17(22)10-15/h3-7,10-12,18-19H,8-9,13H2,1-2H3,(H,24,29)/t18-,19+/m1/s1. The van der Waals surface area contributed by atoms with Gasteiger partial charge in [0.05, 0.1) is 11.9 Å². The highest BCUT2D eigenvalue weighted by Crippen LogP contribution is 2.29. The molecule has 8 heteroatoms. The van der Waals surface area contributed by atoms with Crippen LogP contribution in [0.15, 0.2) is 48.8 Å². The summed E-state index contributed by atoms with van der Waals surface area (Å²) in [6.45, 7) is 3.32. The second-order valence-electron chi connectivity index (χ2n) is 7.41. The molecule has 7 nitrogen and oxygen atoms in total. The SMILES string of the molecule is Cc1ccc(N2CC[C@H](NC(=O)c3cccc(F)c3)[C@@H](c3cnn(C)c3)C2)nn1. The smallest absolute Gasteiger partial charge is 0.251 e. The first-order valence-electron chi connectivity index (χ1n) is 9.60. The van der Waals surface area contributed by atoms with Gasteiger partial charge in [-0.3, -0.25) is 9.48 Å². The van der Waals surface area contributed by atoms with Crippen molar-refractivity contribution in [2.75, 3.05) is 18.0 Å². The Hall–Kier alpha value is -3.29. The lowest BCUT2D eigenvalue weighted by Gasteiger charge is -2.39. The zero-order valence-corrected chi connectivity index (χ0v) is 16.4. The highest BCUT2D eigenvalue weighted by Gasteiger charge is 2.33. The number of halogens is 1. The molecule has 150 valence electrons. The maximum atomic E-state index is 13.5. The molecule has 0 unspecified atom stereocenters. The van der Waals surface area contributed by atoms with Gasteiger partial charge in [-0.1, -0.05) is 6.07 Å².